The summed E-state index contributed by atoms with van der Waals surface area (Å²) in [6.45, 7) is 2.32. The third kappa shape index (κ3) is 1.85. The van der Waals surface area contributed by atoms with E-state index < -0.39 is 0 Å². The van der Waals surface area contributed by atoms with Gasteiger partial charge in [0.2, 0.25) is 0 Å². The Morgan fingerprint density at radius 3 is 3.06 bits per heavy atom. The Balaban J connectivity index is 2.09. The molecule has 0 aliphatic carbocycles. The summed E-state index contributed by atoms with van der Waals surface area (Å²) in [4.78, 5) is 0. The maximum atomic E-state index is 5.83. The quantitative estimate of drug-likeness (QED) is 0.860. The van der Waals surface area contributed by atoms with Gasteiger partial charge in [0, 0.05) is 19.3 Å². The van der Waals surface area contributed by atoms with Gasteiger partial charge in [0.05, 0.1) is 18.2 Å². The standard InChI is InChI=1S/C14H18N2O/c15-9-12-4-1-3-11-6-7-16(14(11)12)13-5-2-8-17-10-13/h1,3-4,6-7,13H,2,5,8-10,15H2. The molecule has 3 rings (SSSR count). The van der Waals surface area contributed by atoms with Crippen molar-refractivity contribution in [2.45, 2.75) is 25.4 Å². The zero-order valence-electron chi connectivity index (χ0n) is 9.93. The zero-order chi connectivity index (χ0) is 11.7. The minimum Gasteiger partial charge on any atom is -0.379 e. The van der Waals surface area contributed by atoms with Crippen molar-refractivity contribution < 1.29 is 4.74 Å². The first-order chi connectivity index (χ1) is 8.40. The summed E-state index contributed by atoms with van der Waals surface area (Å²) >= 11 is 0. The molecule has 1 fully saturated rings. The lowest BCUT2D eigenvalue weighted by atomic mass is 10.1. The first kappa shape index (κ1) is 10.8. The molecule has 3 nitrogen and oxygen atoms in total. The highest BCUT2D eigenvalue weighted by Crippen LogP contribution is 2.27. The van der Waals surface area contributed by atoms with Crippen molar-refractivity contribution in [2.24, 2.45) is 5.73 Å². The molecule has 1 aromatic heterocycles. The molecule has 0 radical (unpaired) electrons. The van der Waals surface area contributed by atoms with Gasteiger partial charge in [-0.15, -0.1) is 0 Å². The Hall–Kier alpha value is -1.32. The summed E-state index contributed by atoms with van der Waals surface area (Å²) in [6, 6.07) is 8.97. The Kier molecular flexibility index (Phi) is 2.87. The molecule has 0 bridgehead atoms. The minimum atomic E-state index is 0.467. The predicted molar refractivity (Wildman–Crippen MR) is 68.9 cm³/mol. The molecule has 3 heteroatoms. The topological polar surface area (TPSA) is 40.2 Å². The maximum Gasteiger partial charge on any atom is 0.0673 e. The van der Waals surface area contributed by atoms with E-state index in [0.717, 1.165) is 19.6 Å². The minimum absolute atomic E-state index is 0.467. The Morgan fingerprint density at radius 2 is 2.29 bits per heavy atom. The molecule has 1 saturated heterocycles. The van der Waals surface area contributed by atoms with Crippen molar-refractivity contribution in [1.82, 2.24) is 4.57 Å². The average molecular weight is 230 g/mol. The monoisotopic (exact) mass is 230 g/mol. The summed E-state index contributed by atoms with van der Waals surface area (Å²) < 4.78 is 7.92. The number of nitrogens with two attached hydrogens (primary N) is 1. The third-order valence-electron chi connectivity index (χ3n) is 3.57. The van der Waals surface area contributed by atoms with Crippen molar-refractivity contribution in [1.29, 1.82) is 0 Å². The highest BCUT2D eigenvalue weighted by Gasteiger charge is 2.18. The summed E-state index contributed by atoms with van der Waals surface area (Å²) in [5.41, 5.74) is 8.33. The number of rotatable bonds is 2. The van der Waals surface area contributed by atoms with Gasteiger partial charge in [-0.25, -0.2) is 0 Å². The summed E-state index contributed by atoms with van der Waals surface area (Å²) in [7, 11) is 0. The van der Waals surface area contributed by atoms with Crippen LogP contribution in [0.25, 0.3) is 10.9 Å². The van der Waals surface area contributed by atoms with E-state index in [1.165, 1.54) is 22.9 Å². The van der Waals surface area contributed by atoms with E-state index in [-0.39, 0.29) is 0 Å². The van der Waals surface area contributed by atoms with Gasteiger partial charge in [0.1, 0.15) is 0 Å². The van der Waals surface area contributed by atoms with Crippen molar-refractivity contribution >= 4 is 10.9 Å². The number of fused-ring (bicyclic) bond motifs is 1. The van der Waals surface area contributed by atoms with E-state index in [1.54, 1.807) is 0 Å². The van der Waals surface area contributed by atoms with Crippen LogP contribution in [-0.2, 0) is 11.3 Å². The van der Waals surface area contributed by atoms with Crippen molar-refractivity contribution in [3.8, 4) is 0 Å². The van der Waals surface area contributed by atoms with Gasteiger partial charge in [0.15, 0.2) is 0 Å². The van der Waals surface area contributed by atoms with Crippen LogP contribution in [0.15, 0.2) is 30.5 Å². The third-order valence-corrected chi connectivity index (χ3v) is 3.57. The lowest BCUT2D eigenvalue weighted by Crippen LogP contribution is -2.21. The number of benzene rings is 1. The molecule has 1 aliphatic rings. The molecular weight excluding hydrogens is 212 g/mol. The molecule has 0 spiro atoms. The Labute approximate surface area is 101 Å². The van der Waals surface area contributed by atoms with Crippen molar-refractivity contribution in [3.05, 3.63) is 36.0 Å². The number of ether oxygens (including phenoxy) is 1. The van der Waals surface area contributed by atoms with Crippen LogP contribution in [0.3, 0.4) is 0 Å². The molecule has 0 amide bonds. The van der Waals surface area contributed by atoms with E-state index in [0.29, 0.717) is 12.6 Å². The van der Waals surface area contributed by atoms with Gasteiger partial charge in [-0.2, -0.15) is 0 Å². The van der Waals surface area contributed by atoms with Crippen LogP contribution in [0, 0.1) is 0 Å². The molecular formula is C14H18N2O. The van der Waals surface area contributed by atoms with Crippen molar-refractivity contribution in [3.63, 3.8) is 0 Å². The molecule has 2 aromatic rings. The fourth-order valence-electron chi connectivity index (χ4n) is 2.71. The normalized spacial score (nSPS) is 20.9. The van der Waals surface area contributed by atoms with E-state index >= 15 is 0 Å². The lowest BCUT2D eigenvalue weighted by molar-refractivity contribution is 0.0606. The van der Waals surface area contributed by atoms with Crippen LogP contribution in [0.2, 0.25) is 0 Å². The second kappa shape index (κ2) is 4.51. The maximum absolute atomic E-state index is 5.83. The zero-order valence-corrected chi connectivity index (χ0v) is 9.93. The molecule has 1 aliphatic heterocycles. The molecule has 2 N–H and O–H groups in total. The SMILES string of the molecule is NCc1cccc2ccn(C3CCCOC3)c12. The van der Waals surface area contributed by atoms with E-state index in [9.17, 15) is 0 Å². The number of nitrogens with zero attached hydrogens (tertiary/aromatic N) is 1. The lowest BCUT2D eigenvalue weighted by Gasteiger charge is -2.25. The van der Waals surface area contributed by atoms with Gasteiger partial charge < -0.3 is 15.0 Å². The fraction of sp³-hybridized carbons (Fsp3) is 0.429. The average Bonchev–Trinajstić information content (AvgIpc) is 2.83. The highest BCUT2D eigenvalue weighted by molar-refractivity contribution is 5.83. The van der Waals surface area contributed by atoms with Crippen LogP contribution in [0.5, 0.6) is 0 Å². The van der Waals surface area contributed by atoms with Crippen LogP contribution in [0.4, 0.5) is 0 Å². The van der Waals surface area contributed by atoms with Gasteiger partial charge >= 0.3 is 0 Å². The molecule has 90 valence electrons. The smallest absolute Gasteiger partial charge is 0.0673 e. The molecule has 1 aromatic carbocycles. The van der Waals surface area contributed by atoms with Crippen LogP contribution >= 0.6 is 0 Å². The van der Waals surface area contributed by atoms with E-state index in [1.807, 2.05) is 0 Å². The van der Waals surface area contributed by atoms with Crippen LogP contribution in [0.1, 0.15) is 24.4 Å². The first-order valence-electron chi connectivity index (χ1n) is 6.26. The van der Waals surface area contributed by atoms with E-state index in [2.05, 4.69) is 35.0 Å². The van der Waals surface area contributed by atoms with E-state index in [4.69, 9.17) is 10.5 Å². The van der Waals surface area contributed by atoms with Crippen LogP contribution in [-0.4, -0.2) is 17.8 Å². The molecule has 2 heterocycles. The summed E-state index contributed by atoms with van der Waals surface area (Å²) in [6.07, 6.45) is 4.51. The number of para-hydroxylation sites is 1. The van der Waals surface area contributed by atoms with Crippen LogP contribution < -0.4 is 5.73 Å². The number of hydrogen-bond acceptors (Lipinski definition) is 2. The van der Waals surface area contributed by atoms with Crippen molar-refractivity contribution in [2.75, 3.05) is 13.2 Å². The van der Waals surface area contributed by atoms with Gasteiger partial charge in [-0.1, -0.05) is 18.2 Å². The second-order valence-corrected chi connectivity index (χ2v) is 4.65. The number of aromatic nitrogens is 1. The molecule has 1 unspecified atom stereocenters. The Bertz CT molecular complexity index is 512. The fourth-order valence-corrected chi connectivity index (χ4v) is 2.71. The first-order valence-corrected chi connectivity index (χ1v) is 6.26. The summed E-state index contributed by atoms with van der Waals surface area (Å²) in [5, 5.41) is 1.28. The second-order valence-electron chi connectivity index (χ2n) is 4.65. The van der Waals surface area contributed by atoms with Gasteiger partial charge in [-0.3, -0.25) is 0 Å². The predicted octanol–water partition coefficient (Wildman–Crippen LogP) is 2.45. The number of hydrogen-bond donors (Lipinski definition) is 1. The van der Waals surface area contributed by atoms with Gasteiger partial charge in [-0.05, 0) is 29.9 Å². The van der Waals surface area contributed by atoms with Gasteiger partial charge in [0.25, 0.3) is 0 Å². The summed E-state index contributed by atoms with van der Waals surface area (Å²) in [5.74, 6) is 0. The molecule has 0 saturated carbocycles. The Morgan fingerprint density at radius 1 is 1.35 bits per heavy atom. The highest BCUT2D eigenvalue weighted by atomic mass is 16.5. The molecule has 1 atom stereocenters. The largest absolute Gasteiger partial charge is 0.379 e. The molecule has 17 heavy (non-hydrogen) atoms.